The number of carboxylic acid groups (broad SMARTS) is 1. The number of carbonyl (C=O) groups is 2. The van der Waals surface area contributed by atoms with Crippen LogP contribution < -0.4 is 9.47 Å². The maximum absolute atomic E-state index is 12.6. The Morgan fingerprint density at radius 2 is 1.93 bits per heavy atom. The fourth-order valence-electron chi connectivity index (χ4n) is 3.60. The summed E-state index contributed by atoms with van der Waals surface area (Å²) < 4.78 is 10.7. The lowest BCUT2D eigenvalue weighted by molar-refractivity contribution is -0.136. The van der Waals surface area contributed by atoms with Crippen molar-refractivity contribution in [2.45, 2.75) is 31.6 Å². The minimum atomic E-state index is -0.880. The summed E-state index contributed by atoms with van der Waals surface area (Å²) in [5, 5.41) is 15.9. The van der Waals surface area contributed by atoms with E-state index in [1.54, 1.807) is 0 Å². The van der Waals surface area contributed by atoms with Crippen LogP contribution in [0.2, 0.25) is 0 Å². The Morgan fingerprint density at radius 3 is 2.70 bits per heavy atom. The molecule has 0 saturated carbocycles. The predicted octanol–water partition coefficient (Wildman–Crippen LogP) is 1.71. The van der Waals surface area contributed by atoms with Gasteiger partial charge in [0.1, 0.15) is 0 Å². The van der Waals surface area contributed by atoms with E-state index in [9.17, 15) is 9.59 Å². The number of benzene rings is 1. The number of aromatic nitrogens is 2. The third-order valence-electron chi connectivity index (χ3n) is 5.05. The van der Waals surface area contributed by atoms with Gasteiger partial charge in [0, 0.05) is 24.7 Å². The SMILES string of the molecule is O=C(O)Cc1cc(C2CCN(C(=O)Cc3ccc4c(c3)OCO4)CC2)n[nH]1. The number of hydrogen-bond acceptors (Lipinski definition) is 5. The molecule has 2 aromatic rings. The number of aromatic amines is 1. The van der Waals surface area contributed by atoms with Crippen LogP contribution in [0.15, 0.2) is 24.3 Å². The van der Waals surface area contributed by atoms with Crippen molar-refractivity contribution in [1.82, 2.24) is 15.1 Å². The average Bonchev–Trinajstić information content (AvgIpc) is 3.30. The quantitative estimate of drug-likeness (QED) is 0.829. The largest absolute Gasteiger partial charge is 0.481 e. The zero-order valence-corrected chi connectivity index (χ0v) is 14.8. The maximum Gasteiger partial charge on any atom is 0.309 e. The van der Waals surface area contributed by atoms with Gasteiger partial charge in [-0.05, 0) is 36.6 Å². The Balaban J connectivity index is 1.31. The number of hydrogen-bond donors (Lipinski definition) is 2. The minimum absolute atomic E-state index is 0.0557. The molecule has 0 unspecified atom stereocenters. The third kappa shape index (κ3) is 3.89. The van der Waals surface area contributed by atoms with Crippen LogP contribution in [0.25, 0.3) is 0 Å². The molecule has 8 nitrogen and oxygen atoms in total. The lowest BCUT2D eigenvalue weighted by Gasteiger charge is -2.31. The van der Waals surface area contributed by atoms with Gasteiger partial charge in [-0.25, -0.2) is 0 Å². The van der Waals surface area contributed by atoms with Gasteiger partial charge in [-0.15, -0.1) is 0 Å². The van der Waals surface area contributed by atoms with E-state index in [-0.39, 0.29) is 25.0 Å². The number of piperidine rings is 1. The van der Waals surface area contributed by atoms with Crippen LogP contribution in [0, 0.1) is 0 Å². The van der Waals surface area contributed by atoms with Crippen molar-refractivity contribution in [2.24, 2.45) is 0 Å². The highest BCUT2D eigenvalue weighted by Gasteiger charge is 2.26. The van der Waals surface area contributed by atoms with Crippen molar-refractivity contribution in [1.29, 1.82) is 0 Å². The number of H-pyrrole nitrogens is 1. The summed E-state index contributed by atoms with van der Waals surface area (Å²) in [6.07, 6.45) is 1.93. The molecule has 1 fully saturated rings. The predicted molar refractivity (Wildman–Crippen MR) is 94.8 cm³/mol. The number of carboxylic acids is 1. The van der Waals surface area contributed by atoms with Crippen molar-refractivity contribution >= 4 is 11.9 Å². The summed E-state index contributed by atoms with van der Waals surface area (Å²) in [4.78, 5) is 25.3. The second kappa shape index (κ2) is 7.30. The van der Waals surface area contributed by atoms with Crippen LogP contribution in [0.1, 0.15) is 35.7 Å². The minimum Gasteiger partial charge on any atom is -0.481 e. The smallest absolute Gasteiger partial charge is 0.309 e. The van der Waals surface area contributed by atoms with Crippen LogP contribution in [-0.4, -0.2) is 52.0 Å². The van der Waals surface area contributed by atoms with Crippen molar-refractivity contribution in [3.05, 3.63) is 41.2 Å². The Kier molecular flexibility index (Phi) is 4.70. The van der Waals surface area contributed by atoms with Crippen LogP contribution in [0.4, 0.5) is 0 Å². The molecule has 0 radical (unpaired) electrons. The molecule has 4 rings (SSSR count). The first-order valence-corrected chi connectivity index (χ1v) is 9.01. The summed E-state index contributed by atoms with van der Waals surface area (Å²) in [6, 6.07) is 7.42. The van der Waals surface area contributed by atoms with E-state index < -0.39 is 5.97 Å². The van der Waals surface area contributed by atoms with E-state index in [1.807, 2.05) is 29.2 Å². The second-order valence-corrected chi connectivity index (χ2v) is 6.91. The first-order valence-electron chi connectivity index (χ1n) is 9.01. The Bertz CT molecular complexity index is 855. The third-order valence-corrected chi connectivity index (χ3v) is 5.05. The van der Waals surface area contributed by atoms with E-state index in [2.05, 4.69) is 10.2 Å². The average molecular weight is 371 g/mol. The number of fused-ring (bicyclic) bond motifs is 1. The highest BCUT2D eigenvalue weighted by atomic mass is 16.7. The number of aliphatic carboxylic acids is 1. The number of carbonyl (C=O) groups excluding carboxylic acids is 1. The van der Waals surface area contributed by atoms with Crippen molar-refractivity contribution < 1.29 is 24.2 Å². The summed E-state index contributed by atoms with van der Waals surface area (Å²) in [7, 11) is 0. The molecule has 2 N–H and O–H groups in total. The highest BCUT2D eigenvalue weighted by Crippen LogP contribution is 2.33. The lowest BCUT2D eigenvalue weighted by atomic mass is 9.93. The van der Waals surface area contributed by atoms with Gasteiger partial charge in [-0.3, -0.25) is 14.7 Å². The molecule has 1 aromatic heterocycles. The van der Waals surface area contributed by atoms with Gasteiger partial charge in [0.2, 0.25) is 12.7 Å². The molecule has 0 bridgehead atoms. The monoisotopic (exact) mass is 371 g/mol. The molecule has 27 heavy (non-hydrogen) atoms. The number of ether oxygens (including phenoxy) is 2. The first-order chi connectivity index (χ1) is 13.1. The molecule has 1 aromatic carbocycles. The molecule has 3 heterocycles. The van der Waals surface area contributed by atoms with Crippen LogP contribution in [-0.2, 0) is 22.4 Å². The Morgan fingerprint density at radius 1 is 1.15 bits per heavy atom. The normalized spacial score (nSPS) is 16.5. The standard InChI is InChI=1S/C19H21N3O5/c23-18(8-12-1-2-16-17(7-12)27-11-26-16)22-5-3-13(4-6-22)15-9-14(20-21-15)10-19(24)25/h1-2,7,9,13H,3-6,8,10-11H2,(H,20,21)(H,24,25). The summed E-state index contributed by atoms with van der Waals surface area (Å²) in [5.41, 5.74) is 2.41. The second-order valence-electron chi connectivity index (χ2n) is 6.91. The molecule has 2 aliphatic heterocycles. The van der Waals surface area contributed by atoms with Gasteiger partial charge in [0.25, 0.3) is 0 Å². The molecule has 8 heteroatoms. The van der Waals surface area contributed by atoms with E-state index in [4.69, 9.17) is 14.6 Å². The fraction of sp³-hybridized carbons (Fsp3) is 0.421. The molecule has 0 aliphatic carbocycles. The number of amides is 1. The Hall–Kier alpha value is -3.03. The van der Waals surface area contributed by atoms with Gasteiger partial charge >= 0.3 is 5.97 Å². The molecule has 1 amide bonds. The van der Waals surface area contributed by atoms with Gasteiger partial charge in [0.15, 0.2) is 11.5 Å². The molecule has 0 atom stereocenters. The highest BCUT2D eigenvalue weighted by molar-refractivity contribution is 5.79. The fourth-order valence-corrected chi connectivity index (χ4v) is 3.60. The molecule has 1 saturated heterocycles. The zero-order chi connectivity index (χ0) is 18.8. The first kappa shape index (κ1) is 17.4. The molecule has 2 aliphatic rings. The van der Waals surface area contributed by atoms with E-state index in [1.165, 1.54) is 0 Å². The van der Waals surface area contributed by atoms with Crippen LogP contribution >= 0.6 is 0 Å². The van der Waals surface area contributed by atoms with Gasteiger partial charge < -0.3 is 19.5 Å². The van der Waals surface area contributed by atoms with Crippen LogP contribution in [0.5, 0.6) is 11.5 Å². The number of likely N-dealkylation sites (tertiary alicyclic amines) is 1. The summed E-state index contributed by atoms with van der Waals surface area (Å²) in [6.45, 7) is 1.58. The van der Waals surface area contributed by atoms with Gasteiger partial charge in [-0.2, -0.15) is 5.10 Å². The molecular weight excluding hydrogens is 350 g/mol. The number of nitrogens with zero attached hydrogens (tertiary/aromatic N) is 2. The van der Waals surface area contributed by atoms with Crippen molar-refractivity contribution in [2.75, 3.05) is 19.9 Å². The molecule has 0 spiro atoms. The maximum atomic E-state index is 12.6. The van der Waals surface area contributed by atoms with E-state index in [0.717, 1.165) is 24.1 Å². The van der Waals surface area contributed by atoms with Crippen LogP contribution in [0.3, 0.4) is 0 Å². The van der Waals surface area contributed by atoms with E-state index >= 15 is 0 Å². The lowest BCUT2D eigenvalue weighted by Crippen LogP contribution is -2.38. The molecule has 142 valence electrons. The van der Waals surface area contributed by atoms with E-state index in [0.29, 0.717) is 36.7 Å². The summed E-state index contributed by atoms with van der Waals surface area (Å²) in [5.74, 6) is 0.872. The van der Waals surface area contributed by atoms with Crippen molar-refractivity contribution in [3.63, 3.8) is 0 Å². The number of nitrogens with one attached hydrogen (secondary N) is 1. The van der Waals surface area contributed by atoms with Gasteiger partial charge in [-0.1, -0.05) is 6.07 Å². The topological polar surface area (TPSA) is 105 Å². The number of rotatable bonds is 5. The zero-order valence-electron chi connectivity index (χ0n) is 14.8. The summed E-state index contributed by atoms with van der Waals surface area (Å²) >= 11 is 0. The van der Waals surface area contributed by atoms with Gasteiger partial charge in [0.05, 0.1) is 18.5 Å². The Labute approximate surface area is 156 Å². The molecular formula is C19H21N3O5. The van der Waals surface area contributed by atoms with Crippen molar-refractivity contribution in [3.8, 4) is 11.5 Å².